The van der Waals surface area contributed by atoms with Crippen LogP contribution in [0.4, 0.5) is 0 Å². The molecule has 2 heterocycles. The number of hydrazone groups is 1. The van der Waals surface area contributed by atoms with Gasteiger partial charge in [-0.2, -0.15) is 0 Å². The van der Waals surface area contributed by atoms with E-state index in [0.717, 1.165) is 0 Å². The van der Waals surface area contributed by atoms with E-state index in [-0.39, 0.29) is 30.7 Å². The average Bonchev–Trinajstić information content (AvgIpc) is 2.41. The van der Waals surface area contributed by atoms with Crippen LogP contribution in [0.3, 0.4) is 0 Å². The van der Waals surface area contributed by atoms with Crippen LogP contribution in [0.15, 0.2) is 10.1 Å². The third kappa shape index (κ3) is 1.76. The highest BCUT2D eigenvalue weighted by Crippen LogP contribution is 2.05. The van der Waals surface area contributed by atoms with Gasteiger partial charge in [0.2, 0.25) is 0 Å². The van der Waals surface area contributed by atoms with Gasteiger partial charge < -0.3 is 21.7 Å². The topological polar surface area (TPSA) is 130 Å². The zero-order valence-electron chi connectivity index (χ0n) is 6.80. The van der Waals surface area contributed by atoms with Crippen molar-refractivity contribution < 1.29 is 5.03 Å². The molecule has 2 atom stereocenters. The van der Waals surface area contributed by atoms with Gasteiger partial charge in [-0.15, -0.1) is 12.4 Å². The second-order valence-corrected chi connectivity index (χ2v) is 2.56. The number of fused-ring (bicyclic) bond motifs is 1. The first-order valence-electron chi connectivity index (χ1n) is 3.51. The molecule has 78 valence electrons. The predicted molar refractivity (Wildman–Crippen MR) is 50.3 cm³/mol. The maximum Gasteiger partial charge on any atom is 0.272 e. The summed E-state index contributed by atoms with van der Waals surface area (Å²) in [5, 5.41) is 20.4. The molecular weight excluding hydrogens is 214 g/mol. The van der Waals surface area contributed by atoms with Crippen LogP contribution in [0.25, 0.3) is 0 Å². The maximum absolute atomic E-state index is 10.00. The van der Waals surface area contributed by atoms with Gasteiger partial charge in [0, 0.05) is 0 Å². The third-order valence-corrected chi connectivity index (χ3v) is 1.66. The van der Waals surface area contributed by atoms with Crippen molar-refractivity contribution in [2.75, 3.05) is 0 Å². The molecule has 5 N–H and O–H groups in total. The molecule has 0 bridgehead atoms. The Hall–Kier alpha value is -1.77. The Labute approximate surface area is 84.4 Å². The molecule has 0 spiro atoms. The monoisotopic (exact) mass is 221 g/mol. The Bertz CT molecular complexity index is 315. The van der Waals surface area contributed by atoms with E-state index in [4.69, 9.17) is 5.73 Å². The molecular formula is C4H8ClN7O2. The van der Waals surface area contributed by atoms with Gasteiger partial charge in [0.25, 0.3) is 5.96 Å². The summed E-state index contributed by atoms with van der Waals surface area (Å²) in [6.07, 6.45) is -0.572. The van der Waals surface area contributed by atoms with Crippen molar-refractivity contribution in [2.24, 2.45) is 15.8 Å². The van der Waals surface area contributed by atoms with Gasteiger partial charge in [-0.3, -0.25) is 0 Å². The minimum absolute atomic E-state index is 0. The van der Waals surface area contributed by atoms with E-state index in [9.17, 15) is 10.1 Å². The smallest absolute Gasteiger partial charge is 0.272 e. The quantitative estimate of drug-likeness (QED) is 0.292. The van der Waals surface area contributed by atoms with Gasteiger partial charge in [-0.1, -0.05) is 0 Å². The predicted octanol–water partition coefficient (Wildman–Crippen LogP) is -2.28. The molecule has 0 radical (unpaired) electrons. The standard InChI is InChI=1S/C4H7N7O2.ClH/c5-3-6-1-2(7-3)9-4(8-1)10-11(12)13;/h1-2H,(H3,5,6,7)(H2,8,9,10);1H. The molecule has 2 unspecified atom stereocenters. The lowest BCUT2D eigenvalue weighted by Gasteiger charge is -2.05. The largest absolute Gasteiger partial charge is 0.370 e. The molecule has 0 saturated carbocycles. The average molecular weight is 222 g/mol. The highest BCUT2D eigenvalue weighted by Gasteiger charge is 2.36. The van der Waals surface area contributed by atoms with Crippen molar-refractivity contribution in [3.05, 3.63) is 10.1 Å². The summed E-state index contributed by atoms with van der Waals surface area (Å²) in [4.78, 5) is 13.9. The van der Waals surface area contributed by atoms with Gasteiger partial charge in [0.15, 0.2) is 17.2 Å². The number of nitrogens with zero attached hydrogens (tertiary/aromatic N) is 3. The molecule has 2 aliphatic rings. The number of halogens is 1. The van der Waals surface area contributed by atoms with E-state index in [1.54, 1.807) is 0 Å². The first-order valence-corrected chi connectivity index (χ1v) is 3.51. The van der Waals surface area contributed by atoms with Crippen LogP contribution in [0.5, 0.6) is 0 Å². The Morgan fingerprint density at radius 1 is 1.50 bits per heavy atom. The number of aliphatic imine (C=N–C) groups is 1. The SMILES string of the molecule is Cl.NC1=NC2NC(=N[N+](=O)[O-])NC2N1. The van der Waals surface area contributed by atoms with Crippen LogP contribution in [0.2, 0.25) is 0 Å². The molecule has 0 aromatic carbocycles. The summed E-state index contributed by atoms with van der Waals surface area (Å²) in [7, 11) is 0. The molecule has 0 aromatic rings. The van der Waals surface area contributed by atoms with Crippen LogP contribution in [0.1, 0.15) is 0 Å². The molecule has 2 aliphatic heterocycles. The Morgan fingerprint density at radius 2 is 2.21 bits per heavy atom. The molecule has 14 heavy (non-hydrogen) atoms. The molecule has 1 fully saturated rings. The number of guanidine groups is 2. The lowest BCUT2D eigenvalue weighted by atomic mass is 10.4. The molecule has 10 heteroatoms. The minimum Gasteiger partial charge on any atom is -0.370 e. The van der Waals surface area contributed by atoms with Crippen molar-refractivity contribution in [2.45, 2.75) is 12.3 Å². The number of nitrogens with two attached hydrogens (primary N) is 1. The fraction of sp³-hybridized carbons (Fsp3) is 0.500. The second kappa shape index (κ2) is 3.54. The van der Waals surface area contributed by atoms with Crippen molar-refractivity contribution in [1.29, 1.82) is 0 Å². The van der Waals surface area contributed by atoms with Gasteiger partial charge in [-0.25, -0.2) is 15.1 Å². The van der Waals surface area contributed by atoms with Gasteiger partial charge in [0.1, 0.15) is 11.3 Å². The van der Waals surface area contributed by atoms with Crippen LogP contribution in [-0.2, 0) is 0 Å². The van der Waals surface area contributed by atoms with Gasteiger partial charge in [0.05, 0.1) is 0 Å². The summed E-state index contributed by atoms with van der Waals surface area (Å²) in [5.74, 6) is 0.388. The van der Waals surface area contributed by atoms with Crippen LogP contribution in [-0.4, -0.2) is 29.3 Å². The molecule has 0 amide bonds. The Balaban J connectivity index is 0.000000980. The van der Waals surface area contributed by atoms with Gasteiger partial charge >= 0.3 is 0 Å². The molecule has 2 rings (SSSR count). The van der Waals surface area contributed by atoms with Crippen molar-refractivity contribution in [3.63, 3.8) is 0 Å². The molecule has 1 saturated heterocycles. The fourth-order valence-electron chi connectivity index (χ4n) is 1.20. The van der Waals surface area contributed by atoms with E-state index in [2.05, 4.69) is 26.0 Å². The first-order chi connectivity index (χ1) is 6.15. The van der Waals surface area contributed by atoms with E-state index < -0.39 is 5.03 Å². The van der Waals surface area contributed by atoms with Gasteiger partial charge in [-0.05, 0) is 0 Å². The Kier molecular flexibility index (Phi) is 2.60. The number of rotatable bonds is 1. The second-order valence-electron chi connectivity index (χ2n) is 2.56. The van der Waals surface area contributed by atoms with Crippen molar-refractivity contribution in [3.8, 4) is 0 Å². The summed E-state index contributed by atoms with van der Waals surface area (Å²) in [6, 6.07) is 0. The normalized spacial score (nSPS) is 30.6. The number of nitrogens with one attached hydrogen (secondary N) is 3. The zero-order valence-corrected chi connectivity index (χ0v) is 7.61. The minimum atomic E-state index is -0.788. The maximum atomic E-state index is 10.00. The Morgan fingerprint density at radius 3 is 2.79 bits per heavy atom. The van der Waals surface area contributed by atoms with E-state index in [1.165, 1.54) is 0 Å². The van der Waals surface area contributed by atoms with Crippen LogP contribution in [0, 0.1) is 10.1 Å². The highest BCUT2D eigenvalue weighted by molar-refractivity contribution is 5.87. The van der Waals surface area contributed by atoms with Crippen molar-refractivity contribution >= 4 is 24.3 Å². The lowest BCUT2D eigenvalue weighted by molar-refractivity contribution is -0.485. The number of hydrogen-bond donors (Lipinski definition) is 4. The summed E-state index contributed by atoms with van der Waals surface area (Å²) < 4.78 is 0. The molecule has 0 aromatic heterocycles. The van der Waals surface area contributed by atoms with Crippen LogP contribution >= 0.6 is 12.4 Å². The summed E-state index contributed by atoms with van der Waals surface area (Å²) >= 11 is 0. The van der Waals surface area contributed by atoms with Crippen molar-refractivity contribution in [1.82, 2.24) is 16.0 Å². The number of nitro groups is 1. The van der Waals surface area contributed by atoms with E-state index >= 15 is 0 Å². The van der Waals surface area contributed by atoms with E-state index in [1.807, 2.05) is 0 Å². The highest BCUT2D eigenvalue weighted by atomic mass is 35.5. The van der Waals surface area contributed by atoms with E-state index in [0.29, 0.717) is 5.96 Å². The molecule has 9 nitrogen and oxygen atoms in total. The third-order valence-electron chi connectivity index (χ3n) is 1.66. The first kappa shape index (κ1) is 10.3. The lowest BCUT2D eigenvalue weighted by Crippen LogP contribution is -2.44. The van der Waals surface area contributed by atoms with Crippen LogP contribution < -0.4 is 21.7 Å². The summed E-state index contributed by atoms with van der Waals surface area (Å²) in [5.41, 5.74) is 5.36. The zero-order chi connectivity index (χ0) is 9.42. The fourth-order valence-corrected chi connectivity index (χ4v) is 1.20. The summed E-state index contributed by atoms with van der Waals surface area (Å²) in [6.45, 7) is 0. The number of hydrogen-bond acceptors (Lipinski definition) is 5. The molecule has 0 aliphatic carbocycles.